The highest BCUT2D eigenvalue weighted by Crippen LogP contribution is 2.20. The molecule has 3 rings (SSSR count). The molecule has 0 aliphatic carbocycles. The molecule has 1 N–H and O–H groups in total. The average Bonchev–Trinajstić information content (AvgIpc) is 3.10. The van der Waals surface area contributed by atoms with Gasteiger partial charge in [-0.3, -0.25) is 9.59 Å². The van der Waals surface area contributed by atoms with Crippen molar-refractivity contribution in [2.75, 3.05) is 31.6 Å². The molecule has 0 radical (unpaired) electrons. The van der Waals surface area contributed by atoms with E-state index in [4.69, 9.17) is 9.47 Å². The van der Waals surface area contributed by atoms with Gasteiger partial charge in [-0.15, -0.1) is 0 Å². The summed E-state index contributed by atoms with van der Waals surface area (Å²) in [5, 5.41) is 2.83. The van der Waals surface area contributed by atoms with Crippen molar-refractivity contribution in [1.82, 2.24) is 9.88 Å². The number of aryl methyl sites for hydroxylation is 1. The molecule has 1 unspecified atom stereocenters. The summed E-state index contributed by atoms with van der Waals surface area (Å²) in [5.74, 6) is 0.225. The van der Waals surface area contributed by atoms with Crippen molar-refractivity contribution in [2.45, 2.75) is 32.5 Å². The summed E-state index contributed by atoms with van der Waals surface area (Å²) in [4.78, 5) is 30.7. The number of carbonyl (C=O) groups is 2. The molecule has 7 nitrogen and oxygen atoms in total. The van der Waals surface area contributed by atoms with Crippen LogP contribution < -0.4 is 5.32 Å². The van der Waals surface area contributed by atoms with Crippen LogP contribution in [0.5, 0.6) is 0 Å². The topological polar surface area (TPSA) is 80.8 Å². The Morgan fingerprint density at radius 2 is 2.12 bits per heavy atom. The lowest BCUT2D eigenvalue weighted by Crippen LogP contribution is -2.44. The van der Waals surface area contributed by atoms with E-state index in [-0.39, 0.29) is 24.2 Å². The molecule has 1 atom stereocenters. The van der Waals surface area contributed by atoms with Crippen molar-refractivity contribution >= 4 is 17.6 Å². The first-order valence-electron chi connectivity index (χ1n) is 8.36. The zero-order valence-electron chi connectivity index (χ0n) is 13.9. The molecule has 0 aromatic carbocycles. The molecule has 24 heavy (non-hydrogen) atoms. The van der Waals surface area contributed by atoms with E-state index in [9.17, 15) is 9.59 Å². The van der Waals surface area contributed by atoms with Crippen molar-refractivity contribution in [3.05, 3.63) is 23.9 Å². The van der Waals surface area contributed by atoms with Crippen LogP contribution >= 0.6 is 0 Å². The summed E-state index contributed by atoms with van der Waals surface area (Å²) >= 11 is 0. The quantitative estimate of drug-likeness (QED) is 0.899. The molecule has 2 aliphatic heterocycles. The van der Waals surface area contributed by atoms with E-state index < -0.39 is 6.29 Å². The number of likely N-dealkylation sites (tertiary alicyclic amines) is 1. The Labute approximate surface area is 141 Å². The van der Waals surface area contributed by atoms with Crippen molar-refractivity contribution in [3.63, 3.8) is 0 Å². The fraction of sp³-hybridized carbons (Fsp3) is 0.588. The second kappa shape index (κ2) is 7.72. The number of aromatic nitrogens is 1. The lowest BCUT2D eigenvalue weighted by atomic mass is 9.97. The molecular weight excluding hydrogens is 310 g/mol. The van der Waals surface area contributed by atoms with Crippen molar-refractivity contribution in [3.8, 4) is 0 Å². The van der Waals surface area contributed by atoms with Crippen molar-refractivity contribution in [1.29, 1.82) is 0 Å². The summed E-state index contributed by atoms with van der Waals surface area (Å²) in [6.45, 7) is 4.13. The standard InChI is InChI=1S/C17H23N3O4/c1-12-4-5-14(18-10-12)19-17(22)13-3-2-6-20(11-13)15(21)9-16-23-7-8-24-16/h4-5,10,13,16H,2-3,6-9,11H2,1H3,(H,18,19,22). The van der Waals surface area contributed by atoms with Crippen LogP contribution in [0, 0.1) is 12.8 Å². The molecule has 0 spiro atoms. The lowest BCUT2D eigenvalue weighted by Gasteiger charge is -2.32. The molecule has 0 saturated carbocycles. The number of ether oxygens (including phenoxy) is 2. The zero-order valence-corrected chi connectivity index (χ0v) is 13.9. The molecule has 2 saturated heterocycles. The Kier molecular flexibility index (Phi) is 5.42. The number of nitrogens with zero attached hydrogens (tertiary/aromatic N) is 2. The minimum atomic E-state index is -0.441. The second-order valence-corrected chi connectivity index (χ2v) is 6.26. The van der Waals surface area contributed by atoms with Crippen LogP contribution in [0.2, 0.25) is 0 Å². The summed E-state index contributed by atoms with van der Waals surface area (Å²) in [6.07, 6.45) is 3.08. The maximum absolute atomic E-state index is 12.4. The van der Waals surface area contributed by atoms with Gasteiger partial charge in [-0.05, 0) is 31.4 Å². The first-order chi connectivity index (χ1) is 11.6. The molecule has 1 aromatic rings. The third-order valence-electron chi connectivity index (χ3n) is 4.34. The highest BCUT2D eigenvalue weighted by atomic mass is 16.7. The van der Waals surface area contributed by atoms with Crippen LogP contribution in [0.25, 0.3) is 0 Å². The molecule has 7 heteroatoms. The van der Waals surface area contributed by atoms with Gasteiger partial charge in [0.25, 0.3) is 0 Å². The summed E-state index contributed by atoms with van der Waals surface area (Å²) in [5.41, 5.74) is 1.04. The van der Waals surface area contributed by atoms with E-state index in [0.29, 0.717) is 32.1 Å². The smallest absolute Gasteiger partial charge is 0.230 e. The van der Waals surface area contributed by atoms with Crippen LogP contribution in [0.1, 0.15) is 24.8 Å². The van der Waals surface area contributed by atoms with Gasteiger partial charge in [0, 0.05) is 19.3 Å². The first kappa shape index (κ1) is 16.9. The van der Waals surface area contributed by atoms with Crippen molar-refractivity contribution in [2.24, 2.45) is 5.92 Å². The van der Waals surface area contributed by atoms with Crippen LogP contribution in [-0.4, -0.2) is 54.3 Å². The predicted octanol–water partition coefficient (Wildman–Crippen LogP) is 1.33. The van der Waals surface area contributed by atoms with Gasteiger partial charge in [-0.25, -0.2) is 4.98 Å². The van der Waals surface area contributed by atoms with Gasteiger partial charge in [-0.1, -0.05) is 6.07 Å². The Balaban J connectivity index is 1.53. The maximum Gasteiger partial charge on any atom is 0.230 e. The van der Waals surface area contributed by atoms with Crippen LogP contribution in [0.4, 0.5) is 5.82 Å². The number of nitrogens with one attached hydrogen (secondary N) is 1. The highest BCUT2D eigenvalue weighted by molar-refractivity contribution is 5.92. The van der Waals surface area contributed by atoms with Gasteiger partial charge < -0.3 is 19.7 Å². The Hall–Kier alpha value is -1.99. The molecular formula is C17H23N3O4. The number of hydrogen-bond donors (Lipinski definition) is 1. The fourth-order valence-electron chi connectivity index (χ4n) is 2.98. The molecule has 2 amide bonds. The SMILES string of the molecule is Cc1ccc(NC(=O)C2CCCN(C(=O)CC3OCCO3)C2)nc1. The molecule has 3 heterocycles. The minimum absolute atomic E-state index is 0.0205. The second-order valence-electron chi connectivity index (χ2n) is 6.26. The third kappa shape index (κ3) is 4.30. The average molecular weight is 333 g/mol. The Morgan fingerprint density at radius 1 is 1.33 bits per heavy atom. The number of piperidine rings is 1. The third-order valence-corrected chi connectivity index (χ3v) is 4.34. The van der Waals surface area contributed by atoms with Gasteiger partial charge in [-0.2, -0.15) is 0 Å². The number of anilines is 1. The van der Waals surface area contributed by atoms with Crippen LogP contribution in [0.15, 0.2) is 18.3 Å². The number of amides is 2. The first-order valence-corrected chi connectivity index (χ1v) is 8.36. The predicted molar refractivity (Wildman–Crippen MR) is 87.2 cm³/mol. The molecule has 130 valence electrons. The maximum atomic E-state index is 12.4. The Morgan fingerprint density at radius 3 is 2.83 bits per heavy atom. The monoisotopic (exact) mass is 333 g/mol. The van der Waals surface area contributed by atoms with E-state index >= 15 is 0 Å². The summed E-state index contributed by atoms with van der Waals surface area (Å²) < 4.78 is 10.6. The number of carbonyl (C=O) groups excluding carboxylic acids is 2. The van der Waals surface area contributed by atoms with Gasteiger partial charge >= 0.3 is 0 Å². The normalized spacial score (nSPS) is 21.7. The van der Waals surface area contributed by atoms with Gasteiger partial charge in [0.2, 0.25) is 11.8 Å². The van der Waals surface area contributed by atoms with E-state index in [0.717, 1.165) is 18.4 Å². The summed E-state index contributed by atoms with van der Waals surface area (Å²) in [6, 6.07) is 3.69. The number of rotatable bonds is 4. The molecule has 2 aliphatic rings. The summed E-state index contributed by atoms with van der Waals surface area (Å²) in [7, 11) is 0. The molecule has 2 fully saturated rings. The van der Waals surface area contributed by atoms with E-state index in [1.807, 2.05) is 13.0 Å². The number of hydrogen-bond acceptors (Lipinski definition) is 5. The van der Waals surface area contributed by atoms with E-state index in [1.54, 1.807) is 17.2 Å². The fourth-order valence-corrected chi connectivity index (χ4v) is 2.98. The lowest BCUT2D eigenvalue weighted by molar-refractivity contribution is -0.142. The van der Waals surface area contributed by atoms with E-state index in [2.05, 4.69) is 10.3 Å². The largest absolute Gasteiger partial charge is 0.350 e. The van der Waals surface area contributed by atoms with Crippen LogP contribution in [0.3, 0.4) is 0 Å². The zero-order chi connectivity index (χ0) is 16.9. The Bertz CT molecular complexity index is 584. The van der Waals surface area contributed by atoms with Gasteiger partial charge in [0.05, 0.1) is 25.6 Å². The van der Waals surface area contributed by atoms with E-state index in [1.165, 1.54) is 0 Å². The van der Waals surface area contributed by atoms with Crippen LogP contribution in [-0.2, 0) is 19.1 Å². The molecule has 1 aromatic heterocycles. The van der Waals surface area contributed by atoms with Crippen molar-refractivity contribution < 1.29 is 19.1 Å². The van der Waals surface area contributed by atoms with Gasteiger partial charge in [0.1, 0.15) is 5.82 Å². The minimum Gasteiger partial charge on any atom is -0.350 e. The van der Waals surface area contributed by atoms with Gasteiger partial charge in [0.15, 0.2) is 6.29 Å². The molecule has 0 bridgehead atoms. The highest BCUT2D eigenvalue weighted by Gasteiger charge is 2.30. The number of pyridine rings is 1.